The average Bonchev–Trinajstić information content (AvgIpc) is 2.78. The lowest BCUT2D eigenvalue weighted by molar-refractivity contribution is -0.158. The molecule has 4 rings (SSSR count). The Labute approximate surface area is 182 Å². The molecule has 1 amide bonds. The number of rotatable bonds is 6. The molecule has 4 heterocycles. The molecule has 8 nitrogen and oxygen atoms in total. The fraction of sp³-hybridized carbons (Fsp3) is 0.522. The predicted octanol–water partition coefficient (Wildman–Crippen LogP) is 1.29. The zero-order valence-electron chi connectivity index (χ0n) is 17.6. The smallest absolute Gasteiger partial charge is 0.222 e. The van der Waals surface area contributed by atoms with E-state index in [1.807, 2.05) is 24.3 Å². The fourth-order valence-electron chi connectivity index (χ4n) is 4.33. The van der Waals surface area contributed by atoms with Crippen LogP contribution in [0.25, 0.3) is 0 Å². The number of amides is 1. The predicted molar refractivity (Wildman–Crippen MR) is 114 cm³/mol. The first-order valence-corrected chi connectivity index (χ1v) is 10.9. The van der Waals surface area contributed by atoms with E-state index in [0.29, 0.717) is 26.1 Å². The van der Waals surface area contributed by atoms with Crippen molar-refractivity contribution in [1.29, 1.82) is 0 Å². The third-order valence-electron chi connectivity index (χ3n) is 5.87. The van der Waals surface area contributed by atoms with Gasteiger partial charge in [-0.05, 0) is 48.2 Å². The highest BCUT2D eigenvalue weighted by molar-refractivity contribution is 5.76. The Bertz CT molecular complexity index is 823. The van der Waals surface area contributed by atoms with Gasteiger partial charge in [0.1, 0.15) is 0 Å². The SMILES string of the molecule is O=C(C[C@H]1CC[C@@H]2[C@H](COC[C@@H](O)CN2Cc2ccncc2)O1)NCc1ccncc1. The molecule has 0 aliphatic carbocycles. The van der Waals surface area contributed by atoms with Crippen molar-refractivity contribution in [3.8, 4) is 0 Å². The Balaban J connectivity index is 1.34. The van der Waals surface area contributed by atoms with E-state index < -0.39 is 6.10 Å². The lowest BCUT2D eigenvalue weighted by Gasteiger charge is -2.44. The molecule has 2 saturated heterocycles. The van der Waals surface area contributed by atoms with Crippen LogP contribution in [0.1, 0.15) is 30.4 Å². The molecule has 0 bridgehead atoms. The summed E-state index contributed by atoms with van der Waals surface area (Å²) in [5, 5.41) is 13.3. The second-order valence-electron chi connectivity index (χ2n) is 8.25. The summed E-state index contributed by atoms with van der Waals surface area (Å²) in [7, 11) is 0. The maximum atomic E-state index is 12.4. The summed E-state index contributed by atoms with van der Waals surface area (Å²) >= 11 is 0. The van der Waals surface area contributed by atoms with Gasteiger partial charge in [0.05, 0.1) is 37.9 Å². The molecule has 0 radical (unpaired) electrons. The van der Waals surface area contributed by atoms with Gasteiger partial charge in [0, 0.05) is 50.5 Å². The molecule has 0 unspecified atom stereocenters. The van der Waals surface area contributed by atoms with Crippen LogP contribution in [0.2, 0.25) is 0 Å². The Morgan fingerprint density at radius 3 is 2.52 bits per heavy atom. The third-order valence-corrected chi connectivity index (χ3v) is 5.87. The number of fused-ring (bicyclic) bond motifs is 1. The van der Waals surface area contributed by atoms with Crippen LogP contribution in [0.4, 0.5) is 0 Å². The van der Waals surface area contributed by atoms with Gasteiger partial charge in [-0.1, -0.05) is 0 Å². The van der Waals surface area contributed by atoms with Gasteiger partial charge in [-0.3, -0.25) is 19.7 Å². The number of pyridine rings is 2. The van der Waals surface area contributed by atoms with E-state index in [9.17, 15) is 9.90 Å². The lowest BCUT2D eigenvalue weighted by Crippen LogP contribution is -2.55. The van der Waals surface area contributed by atoms with Gasteiger partial charge in [-0.15, -0.1) is 0 Å². The number of hydrogen-bond donors (Lipinski definition) is 2. The Kier molecular flexibility index (Phi) is 7.58. The van der Waals surface area contributed by atoms with Crippen molar-refractivity contribution in [1.82, 2.24) is 20.2 Å². The van der Waals surface area contributed by atoms with Crippen LogP contribution >= 0.6 is 0 Å². The molecule has 2 aliphatic rings. The van der Waals surface area contributed by atoms with Crippen LogP contribution in [0, 0.1) is 0 Å². The van der Waals surface area contributed by atoms with E-state index in [-0.39, 0.29) is 30.8 Å². The number of nitrogens with zero attached hydrogens (tertiary/aromatic N) is 3. The number of hydrogen-bond acceptors (Lipinski definition) is 7. The number of aromatic nitrogens is 2. The maximum absolute atomic E-state index is 12.4. The summed E-state index contributed by atoms with van der Waals surface area (Å²) in [5.74, 6) is -0.0175. The highest BCUT2D eigenvalue weighted by atomic mass is 16.5. The molecule has 2 fully saturated rings. The van der Waals surface area contributed by atoms with Crippen molar-refractivity contribution in [3.05, 3.63) is 60.2 Å². The third kappa shape index (κ3) is 6.30. The molecule has 0 saturated carbocycles. The average molecular weight is 427 g/mol. The van der Waals surface area contributed by atoms with E-state index in [4.69, 9.17) is 9.47 Å². The van der Waals surface area contributed by atoms with Gasteiger partial charge in [-0.2, -0.15) is 0 Å². The normalized spacial score (nSPS) is 27.0. The van der Waals surface area contributed by atoms with Crippen molar-refractivity contribution >= 4 is 5.91 Å². The molecule has 0 aromatic carbocycles. The number of carbonyl (C=O) groups excluding carboxylic acids is 1. The van der Waals surface area contributed by atoms with Gasteiger partial charge in [0.15, 0.2) is 0 Å². The minimum absolute atomic E-state index is 0.0175. The molecule has 31 heavy (non-hydrogen) atoms. The number of aliphatic hydroxyl groups is 1. The van der Waals surface area contributed by atoms with E-state index in [1.54, 1.807) is 24.8 Å². The summed E-state index contributed by atoms with van der Waals surface area (Å²) in [4.78, 5) is 22.8. The van der Waals surface area contributed by atoms with Gasteiger partial charge in [0.25, 0.3) is 0 Å². The first kappa shape index (κ1) is 21.8. The molecule has 2 N–H and O–H groups in total. The van der Waals surface area contributed by atoms with Gasteiger partial charge < -0.3 is 19.9 Å². The molecule has 4 atom stereocenters. The van der Waals surface area contributed by atoms with Crippen molar-refractivity contribution in [2.45, 2.75) is 56.7 Å². The highest BCUT2D eigenvalue weighted by Crippen LogP contribution is 2.28. The largest absolute Gasteiger partial charge is 0.389 e. The Morgan fingerprint density at radius 2 is 1.77 bits per heavy atom. The van der Waals surface area contributed by atoms with E-state index in [2.05, 4.69) is 20.2 Å². The van der Waals surface area contributed by atoms with Crippen molar-refractivity contribution in [2.75, 3.05) is 19.8 Å². The van der Waals surface area contributed by atoms with Crippen LogP contribution < -0.4 is 5.32 Å². The number of aliphatic hydroxyl groups excluding tert-OH is 1. The van der Waals surface area contributed by atoms with Crippen molar-refractivity contribution in [2.24, 2.45) is 0 Å². The van der Waals surface area contributed by atoms with Crippen molar-refractivity contribution in [3.63, 3.8) is 0 Å². The van der Waals surface area contributed by atoms with Crippen molar-refractivity contribution < 1.29 is 19.4 Å². The van der Waals surface area contributed by atoms with Crippen LogP contribution in [0.15, 0.2) is 49.1 Å². The van der Waals surface area contributed by atoms with Crippen LogP contribution in [0.5, 0.6) is 0 Å². The fourth-order valence-corrected chi connectivity index (χ4v) is 4.33. The number of carbonyl (C=O) groups is 1. The van der Waals surface area contributed by atoms with Crippen LogP contribution in [-0.2, 0) is 27.4 Å². The summed E-state index contributed by atoms with van der Waals surface area (Å²) < 4.78 is 12.0. The minimum atomic E-state index is -0.528. The van der Waals surface area contributed by atoms with Crippen LogP contribution in [-0.4, -0.2) is 70.0 Å². The topological polar surface area (TPSA) is 96.8 Å². The summed E-state index contributed by atoms with van der Waals surface area (Å²) in [6.45, 7) is 2.45. The standard InChI is InChI=1S/C23H30N4O4/c28-19-14-27(13-18-5-9-25-10-6-18)21-2-1-20(31-22(21)16-30-15-19)11-23(29)26-12-17-3-7-24-8-4-17/h3-10,19-22,28H,1-2,11-16H2,(H,26,29)/t19-,20+,21+,22-/m0/s1. The molecule has 0 spiro atoms. The number of β-amino-alcohol motifs (C(OH)–C–C–N with tert-alkyl or cyclic N) is 1. The van der Waals surface area contributed by atoms with E-state index in [0.717, 1.165) is 30.5 Å². The maximum Gasteiger partial charge on any atom is 0.222 e. The summed E-state index contributed by atoms with van der Waals surface area (Å²) in [6.07, 6.45) is 8.25. The lowest BCUT2D eigenvalue weighted by atomic mass is 9.94. The minimum Gasteiger partial charge on any atom is -0.389 e. The molecular formula is C23H30N4O4. The zero-order chi connectivity index (χ0) is 21.5. The highest BCUT2D eigenvalue weighted by Gasteiger charge is 2.38. The number of nitrogens with one attached hydrogen (secondary N) is 1. The second kappa shape index (κ2) is 10.8. The van der Waals surface area contributed by atoms with Gasteiger partial charge >= 0.3 is 0 Å². The molecule has 166 valence electrons. The van der Waals surface area contributed by atoms with Gasteiger partial charge in [0.2, 0.25) is 5.91 Å². The quantitative estimate of drug-likeness (QED) is 0.719. The monoisotopic (exact) mass is 426 g/mol. The molecule has 2 aliphatic heterocycles. The van der Waals surface area contributed by atoms with Crippen LogP contribution in [0.3, 0.4) is 0 Å². The first-order chi connectivity index (χ1) is 15.2. The molecule has 2 aromatic heterocycles. The molecule has 2 aromatic rings. The second-order valence-corrected chi connectivity index (χ2v) is 8.25. The molecule has 8 heteroatoms. The zero-order valence-corrected chi connectivity index (χ0v) is 17.6. The summed E-state index contributed by atoms with van der Waals surface area (Å²) in [6, 6.07) is 7.91. The van der Waals surface area contributed by atoms with E-state index in [1.165, 1.54) is 0 Å². The van der Waals surface area contributed by atoms with E-state index >= 15 is 0 Å². The number of ether oxygens (including phenoxy) is 2. The Hall–Kier alpha value is -2.39. The summed E-state index contributed by atoms with van der Waals surface area (Å²) in [5.41, 5.74) is 2.17. The Morgan fingerprint density at radius 1 is 1.06 bits per heavy atom. The van der Waals surface area contributed by atoms with Gasteiger partial charge in [-0.25, -0.2) is 0 Å². The molecular weight excluding hydrogens is 396 g/mol. The first-order valence-electron chi connectivity index (χ1n) is 10.9.